The third-order valence-corrected chi connectivity index (χ3v) is 6.98. The molecule has 22 heavy (non-hydrogen) atoms. The normalized spacial score (nSPS) is 18.6. The van der Waals surface area contributed by atoms with Gasteiger partial charge in [-0.2, -0.15) is 0 Å². The predicted molar refractivity (Wildman–Crippen MR) is 89.3 cm³/mol. The monoisotopic (exact) mass is 451 g/mol. The molecular formula is C21H19Hf. The number of rotatable bonds is 3. The van der Waals surface area contributed by atoms with E-state index >= 15 is 0 Å². The van der Waals surface area contributed by atoms with E-state index in [0.29, 0.717) is 3.67 Å². The van der Waals surface area contributed by atoms with Crippen LogP contribution in [0.15, 0.2) is 60.2 Å². The molecule has 0 N–H and O–H groups in total. The first-order valence-electron chi connectivity index (χ1n) is 8.13. The molecule has 0 spiro atoms. The summed E-state index contributed by atoms with van der Waals surface area (Å²) in [6, 6.07) is 15.9. The third kappa shape index (κ3) is 2.13. The minimum atomic E-state index is 0.637. The third-order valence-electron chi connectivity index (χ3n) is 4.83. The average Bonchev–Trinajstić information content (AvgIpc) is 3.12. The van der Waals surface area contributed by atoms with Gasteiger partial charge in [-0.05, 0) is 0 Å². The standard InChI is InChI=1S/C21H19.Hf/c1-2-7-15-9-5-11-17(15)19-12-6-13-20-18-10-4-3-8-16(18)14-21(19)20;/h3-6,8-10,12-14H,2,7,11H2,1H3;. The van der Waals surface area contributed by atoms with Crippen molar-refractivity contribution in [3.8, 4) is 11.1 Å². The Morgan fingerprint density at radius 1 is 1.00 bits per heavy atom. The van der Waals surface area contributed by atoms with Gasteiger partial charge < -0.3 is 0 Å². The van der Waals surface area contributed by atoms with Crippen molar-refractivity contribution in [2.75, 3.05) is 0 Å². The predicted octanol–water partition coefficient (Wildman–Crippen LogP) is 5.82. The van der Waals surface area contributed by atoms with E-state index < -0.39 is 0 Å². The van der Waals surface area contributed by atoms with Crippen molar-refractivity contribution in [1.82, 2.24) is 0 Å². The second kappa shape index (κ2) is 5.77. The van der Waals surface area contributed by atoms with Gasteiger partial charge >= 0.3 is 148 Å². The van der Waals surface area contributed by atoms with Crippen LogP contribution in [0.3, 0.4) is 0 Å². The van der Waals surface area contributed by atoms with Crippen LogP contribution in [0.1, 0.15) is 46.6 Å². The molecule has 0 amide bonds. The fourth-order valence-electron chi connectivity index (χ4n) is 3.86. The van der Waals surface area contributed by atoms with Gasteiger partial charge in [0.15, 0.2) is 0 Å². The Morgan fingerprint density at radius 3 is 2.64 bits per heavy atom. The van der Waals surface area contributed by atoms with Gasteiger partial charge in [0.1, 0.15) is 0 Å². The van der Waals surface area contributed by atoms with E-state index in [4.69, 9.17) is 0 Å². The summed E-state index contributed by atoms with van der Waals surface area (Å²) < 4.78 is 0.637. The van der Waals surface area contributed by atoms with Crippen LogP contribution >= 0.6 is 0 Å². The number of fused-ring (bicyclic) bond motifs is 3. The molecule has 4 rings (SSSR count). The van der Waals surface area contributed by atoms with Gasteiger partial charge in [0.25, 0.3) is 0 Å². The van der Waals surface area contributed by atoms with Crippen LogP contribution < -0.4 is 0 Å². The summed E-state index contributed by atoms with van der Waals surface area (Å²) in [7, 11) is 0. The van der Waals surface area contributed by atoms with Gasteiger partial charge in [-0.1, -0.05) is 0 Å². The summed E-state index contributed by atoms with van der Waals surface area (Å²) in [6.07, 6.45) is 8.22. The number of benzene rings is 2. The van der Waals surface area contributed by atoms with E-state index in [-0.39, 0.29) is 0 Å². The SMILES string of the molecule is CCCC1=C(c2cccc3c2[CH]([Hf])c2ccccc2-3)CC=C1. The molecule has 0 bridgehead atoms. The molecule has 0 nitrogen and oxygen atoms in total. The Labute approximate surface area is 147 Å². The van der Waals surface area contributed by atoms with Gasteiger partial charge in [-0.3, -0.25) is 0 Å². The van der Waals surface area contributed by atoms with Gasteiger partial charge in [0.2, 0.25) is 0 Å². The molecule has 107 valence electrons. The van der Waals surface area contributed by atoms with Crippen LogP contribution in [-0.2, 0) is 24.4 Å². The second-order valence-electron chi connectivity index (χ2n) is 6.15. The summed E-state index contributed by atoms with van der Waals surface area (Å²) in [4.78, 5) is 0. The van der Waals surface area contributed by atoms with Gasteiger partial charge in [-0.15, -0.1) is 0 Å². The van der Waals surface area contributed by atoms with Gasteiger partial charge in [0, 0.05) is 0 Å². The molecule has 2 aliphatic rings. The van der Waals surface area contributed by atoms with Crippen molar-refractivity contribution in [3.63, 3.8) is 0 Å². The van der Waals surface area contributed by atoms with Crippen LogP contribution in [0.2, 0.25) is 0 Å². The molecule has 0 radical (unpaired) electrons. The van der Waals surface area contributed by atoms with Crippen molar-refractivity contribution >= 4 is 5.57 Å². The van der Waals surface area contributed by atoms with Gasteiger partial charge in [-0.25, -0.2) is 0 Å². The molecule has 0 aromatic heterocycles. The van der Waals surface area contributed by atoms with E-state index in [2.05, 4.69) is 61.5 Å². The summed E-state index contributed by atoms with van der Waals surface area (Å²) in [6.45, 7) is 2.28. The van der Waals surface area contributed by atoms with Crippen LogP contribution in [-0.4, -0.2) is 0 Å². The molecule has 0 fully saturated rings. The van der Waals surface area contributed by atoms with Crippen LogP contribution in [0.25, 0.3) is 16.7 Å². The van der Waals surface area contributed by atoms with E-state index in [1.807, 2.05) is 0 Å². The Bertz CT molecular complexity index is 795. The second-order valence-corrected chi connectivity index (χ2v) is 8.22. The molecule has 0 aliphatic heterocycles. The Balaban J connectivity index is 1.91. The maximum atomic E-state index is 2.35. The molecule has 1 unspecified atom stereocenters. The van der Waals surface area contributed by atoms with E-state index in [1.54, 1.807) is 22.3 Å². The topological polar surface area (TPSA) is 0 Å². The van der Waals surface area contributed by atoms with Gasteiger partial charge in [0.05, 0.1) is 0 Å². The summed E-state index contributed by atoms with van der Waals surface area (Å²) in [5.74, 6) is 0. The van der Waals surface area contributed by atoms with E-state index in [1.165, 1.54) is 53.9 Å². The summed E-state index contributed by atoms with van der Waals surface area (Å²) in [5.41, 5.74) is 10.7. The number of hydrogen-bond donors (Lipinski definition) is 0. The molecule has 0 saturated heterocycles. The summed E-state index contributed by atoms with van der Waals surface area (Å²) in [5, 5.41) is 0. The quantitative estimate of drug-likeness (QED) is 0.518. The maximum absolute atomic E-state index is 2.35. The van der Waals surface area contributed by atoms with Crippen molar-refractivity contribution in [3.05, 3.63) is 76.9 Å². The first-order chi connectivity index (χ1) is 10.8. The molecule has 0 heterocycles. The molecule has 1 atom stereocenters. The summed E-state index contributed by atoms with van der Waals surface area (Å²) >= 11 is 1.18. The zero-order valence-electron chi connectivity index (χ0n) is 12.9. The van der Waals surface area contributed by atoms with Crippen LogP contribution in [0.5, 0.6) is 0 Å². The fourth-order valence-corrected chi connectivity index (χ4v) is 5.88. The van der Waals surface area contributed by atoms with Crippen molar-refractivity contribution in [2.45, 2.75) is 29.9 Å². The first kappa shape index (κ1) is 14.4. The molecule has 2 aromatic rings. The Morgan fingerprint density at radius 2 is 1.77 bits per heavy atom. The average molecular weight is 450 g/mol. The molecule has 2 aromatic carbocycles. The number of allylic oxidation sites excluding steroid dienone is 4. The first-order valence-corrected chi connectivity index (χ1v) is 10.2. The van der Waals surface area contributed by atoms with E-state index in [9.17, 15) is 0 Å². The zero-order valence-corrected chi connectivity index (χ0v) is 16.5. The fraction of sp³-hybridized carbons (Fsp3) is 0.238. The van der Waals surface area contributed by atoms with E-state index in [0.717, 1.165) is 6.42 Å². The Kier molecular flexibility index (Phi) is 3.78. The van der Waals surface area contributed by atoms with Crippen LogP contribution in [0, 0.1) is 0 Å². The van der Waals surface area contributed by atoms with Crippen molar-refractivity contribution < 1.29 is 24.4 Å². The van der Waals surface area contributed by atoms with Crippen LogP contribution in [0.4, 0.5) is 0 Å². The van der Waals surface area contributed by atoms with Crippen molar-refractivity contribution in [1.29, 1.82) is 0 Å². The minimum absolute atomic E-state index is 0.637. The van der Waals surface area contributed by atoms with Crippen molar-refractivity contribution in [2.24, 2.45) is 0 Å². The molecular weight excluding hydrogens is 431 g/mol. The molecule has 2 aliphatic carbocycles. The Hall–Kier alpha value is -1.21. The number of hydrogen-bond acceptors (Lipinski definition) is 0. The zero-order chi connectivity index (χ0) is 15.1. The molecule has 0 saturated carbocycles. The molecule has 1 heteroatoms.